The molecule has 0 atom stereocenters. The van der Waals surface area contributed by atoms with E-state index in [9.17, 15) is 0 Å². The number of hydrogen-bond donors (Lipinski definition) is 0. The molecule has 0 unspecified atom stereocenters. The highest BCUT2D eigenvalue weighted by Crippen LogP contribution is 2.32. The lowest BCUT2D eigenvalue weighted by Gasteiger charge is -2.26. The van der Waals surface area contributed by atoms with Crippen LogP contribution in [0.5, 0.6) is 0 Å². The average Bonchev–Trinajstić information content (AvgIpc) is 2.09. The van der Waals surface area contributed by atoms with Crippen molar-refractivity contribution in [2.45, 2.75) is 60.3 Å². The van der Waals surface area contributed by atoms with Crippen molar-refractivity contribution in [1.29, 1.82) is 0 Å². The molecule has 0 nitrogen and oxygen atoms in total. The Morgan fingerprint density at radius 2 is 1.53 bits per heavy atom. The van der Waals surface area contributed by atoms with Crippen LogP contribution < -0.4 is 0 Å². The lowest BCUT2D eigenvalue weighted by atomic mass is 9.78. The van der Waals surface area contributed by atoms with E-state index in [0.717, 1.165) is 6.42 Å². The third kappa shape index (κ3) is 2.25. The minimum Gasteiger partial charge on any atom is -0.0613 e. The van der Waals surface area contributed by atoms with Crippen LogP contribution in [-0.2, 0) is 11.8 Å². The molecule has 0 aromatic heterocycles. The molecule has 0 saturated heterocycles. The van der Waals surface area contributed by atoms with Crippen molar-refractivity contribution in [1.82, 2.24) is 0 Å². The van der Waals surface area contributed by atoms with E-state index in [1.165, 1.54) is 27.8 Å². The molecule has 1 aromatic rings. The van der Waals surface area contributed by atoms with Crippen molar-refractivity contribution in [2.75, 3.05) is 0 Å². The molecule has 0 bridgehead atoms. The van der Waals surface area contributed by atoms with E-state index in [1.54, 1.807) is 0 Å². The zero-order valence-corrected chi connectivity index (χ0v) is 11.3. The highest BCUT2D eigenvalue weighted by atomic mass is 14.2. The van der Waals surface area contributed by atoms with Crippen LogP contribution in [-0.4, -0.2) is 0 Å². The number of aryl methyl sites for hydroxylation is 2. The quantitative estimate of drug-likeness (QED) is 0.633. The van der Waals surface area contributed by atoms with Gasteiger partial charge in [0.25, 0.3) is 0 Å². The number of benzene rings is 1. The molecule has 0 N–H and O–H groups in total. The van der Waals surface area contributed by atoms with E-state index in [-0.39, 0.29) is 5.41 Å². The molecule has 84 valence electrons. The number of hydrogen-bond acceptors (Lipinski definition) is 0. The lowest BCUT2D eigenvalue weighted by Crippen LogP contribution is -2.16. The van der Waals surface area contributed by atoms with E-state index in [0.29, 0.717) is 0 Å². The highest BCUT2D eigenvalue weighted by Gasteiger charge is 2.20. The summed E-state index contributed by atoms with van der Waals surface area (Å²) in [5.41, 5.74) is 7.69. The van der Waals surface area contributed by atoms with Crippen molar-refractivity contribution in [2.24, 2.45) is 0 Å². The fourth-order valence-electron chi connectivity index (χ4n) is 2.69. The fraction of sp³-hybridized carbons (Fsp3) is 0.600. The van der Waals surface area contributed by atoms with Gasteiger partial charge in [0.2, 0.25) is 0 Å². The normalized spacial score (nSPS) is 11.9. The maximum Gasteiger partial charge on any atom is -0.0127 e. The first kappa shape index (κ1) is 12.3. The van der Waals surface area contributed by atoms with Gasteiger partial charge in [-0.25, -0.2) is 0 Å². The molecule has 0 spiro atoms. The maximum absolute atomic E-state index is 2.36. The molecular formula is C15H24. The first-order chi connectivity index (χ1) is 6.79. The van der Waals surface area contributed by atoms with Crippen LogP contribution in [0.15, 0.2) is 6.07 Å². The smallest absolute Gasteiger partial charge is 0.0127 e. The van der Waals surface area contributed by atoms with Crippen LogP contribution in [0.3, 0.4) is 0 Å². The Morgan fingerprint density at radius 3 is 1.93 bits per heavy atom. The van der Waals surface area contributed by atoms with Crippen LogP contribution in [0.1, 0.15) is 55.5 Å². The summed E-state index contributed by atoms with van der Waals surface area (Å²) in [7, 11) is 0. The van der Waals surface area contributed by atoms with Crippen molar-refractivity contribution in [3.8, 4) is 0 Å². The molecule has 0 amide bonds. The first-order valence-electron chi connectivity index (χ1n) is 5.89. The van der Waals surface area contributed by atoms with Crippen LogP contribution in [0.25, 0.3) is 0 Å². The van der Waals surface area contributed by atoms with Crippen LogP contribution >= 0.6 is 0 Å². The summed E-state index contributed by atoms with van der Waals surface area (Å²) in [4.78, 5) is 0. The predicted molar refractivity (Wildman–Crippen MR) is 68.7 cm³/mol. The van der Waals surface area contributed by atoms with Crippen molar-refractivity contribution >= 4 is 0 Å². The summed E-state index contributed by atoms with van der Waals surface area (Å²) in [6, 6.07) is 2.36. The monoisotopic (exact) mass is 204 g/mol. The van der Waals surface area contributed by atoms with Crippen molar-refractivity contribution in [3.63, 3.8) is 0 Å². The van der Waals surface area contributed by atoms with E-state index >= 15 is 0 Å². The molecule has 0 radical (unpaired) electrons. The van der Waals surface area contributed by atoms with Gasteiger partial charge in [-0.05, 0) is 60.4 Å². The van der Waals surface area contributed by atoms with Gasteiger partial charge < -0.3 is 0 Å². The summed E-state index contributed by atoms with van der Waals surface area (Å²) in [5.74, 6) is 0. The van der Waals surface area contributed by atoms with Crippen LogP contribution in [0, 0.1) is 20.8 Å². The minimum absolute atomic E-state index is 0.255. The Morgan fingerprint density at radius 1 is 1.00 bits per heavy atom. The van der Waals surface area contributed by atoms with Gasteiger partial charge >= 0.3 is 0 Å². The third-order valence-electron chi connectivity index (χ3n) is 3.34. The van der Waals surface area contributed by atoms with Crippen molar-refractivity contribution < 1.29 is 0 Å². The number of rotatable bonds is 1. The molecule has 1 rings (SSSR count). The van der Waals surface area contributed by atoms with Gasteiger partial charge in [0.15, 0.2) is 0 Å². The second kappa shape index (κ2) is 4.00. The predicted octanol–water partition coefficient (Wildman–Crippen LogP) is 4.47. The van der Waals surface area contributed by atoms with Gasteiger partial charge in [0.1, 0.15) is 0 Å². The zero-order chi connectivity index (χ0) is 11.8. The Kier molecular flexibility index (Phi) is 3.28. The molecule has 0 saturated carbocycles. The molecule has 0 heterocycles. The molecule has 1 aromatic carbocycles. The lowest BCUT2D eigenvalue weighted by molar-refractivity contribution is 0.580. The third-order valence-corrected chi connectivity index (χ3v) is 3.34. The van der Waals surface area contributed by atoms with Gasteiger partial charge in [-0.3, -0.25) is 0 Å². The largest absolute Gasteiger partial charge is 0.0613 e. The Hall–Kier alpha value is -0.780. The molecule has 0 fully saturated rings. The van der Waals surface area contributed by atoms with Gasteiger partial charge in [-0.15, -0.1) is 0 Å². The summed E-state index contributed by atoms with van der Waals surface area (Å²) in [6.45, 7) is 15.9. The van der Waals surface area contributed by atoms with E-state index < -0.39 is 0 Å². The molecule has 0 aliphatic carbocycles. The topological polar surface area (TPSA) is 0 Å². The summed E-state index contributed by atoms with van der Waals surface area (Å²) < 4.78 is 0. The summed E-state index contributed by atoms with van der Waals surface area (Å²) >= 11 is 0. The fourth-order valence-corrected chi connectivity index (χ4v) is 2.69. The second-order valence-corrected chi connectivity index (χ2v) is 5.58. The Bertz CT molecular complexity index is 365. The first-order valence-corrected chi connectivity index (χ1v) is 5.89. The Labute approximate surface area is 94.7 Å². The molecule has 0 aliphatic heterocycles. The highest BCUT2D eigenvalue weighted by molar-refractivity contribution is 5.47. The average molecular weight is 204 g/mol. The summed E-state index contributed by atoms with van der Waals surface area (Å²) in [6.07, 6.45) is 1.14. The summed E-state index contributed by atoms with van der Waals surface area (Å²) in [5, 5.41) is 0. The Balaban J connectivity index is 3.50. The minimum atomic E-state index is 0.255. The second-order valence-electron chi connectivity index (χ2n) is 5.58. The van der Waals surface area contributed by atoms with E-state index in [1.807, 2.05) is 0 Å². The van der Waals surface area contributed by atoms with Crippen LogP contribution in [0.2, 0.25) is 0 Å². The van der Waals surface area contributed by atoms with E-state index in [4.69, 9.17) is 0 Å². The van der Waals surface area contributed by atoms with Crippen LogP contribution in [0.4, 0.5) is 0 Å². The standard InChI is InChI=1S/C15H24/c1-8-13-9-10(2)14(15(5,6)7)12(4)11(13)3/h9H,8H2,1-7H3. The van der Waals surface area contributed by atoms with Gasteiger partial charge in [0.05, 0.1) is 0 Å². The maximum atomic E-state index is 2.36. The molecule has 0 heteroatoms. The zero-order valence-electron chi connectivity index (χ0n) is 11.3. The van der Waals surface area contributed by atoms with Crippen molar-refractivity contribution in [3.05, 3.63) is 33.9 Å². The van der Waals surface area contributed by atoms with Gasteiger partial charge in [-0.1, -0.05) is 33.8 Å². The molecule has 0 aliphatic rings. The van der Waals surface area contributed by atoms with Gasteiger partial charge in [-0.2, -0.15) is 0 Å². The molecule has 15 heavy (non-hydrogen) atoms. The molecular weight excluding hydrogens is 180 g/mol. The van der Waals surface area contributed by atoms with E-state index in [2.05, 4.69) is 54.5 Å². The van der Waals surface area contributed by atoms with Gasteiger partial charge in [0, 0.05) is 0 Å². The SMILES string of the molecule is CCc1cc(C)c(C(C)(C)C)c(C)c1C.